The molecule has 0 aliphatic heterocycles. The minimum absolute atomic E-state index is 0.603. The van der Waals surface area contributed by atoms with E-state index < -0.39 is 5.60 Å². The highest BCUT2D eigenvalue weighted by Crippen LogP contribution is 2.07. The Morgan fingerprint density at radius 1 is 1.30 bits per heavy atom. The third-order valence-electron chi connectivity index (χ3n) is 2.80. The second-order valence-electron chi connectivity index (χ2n) is 5.07. The van der Waals surface area contributed by atoms with E-state index in [0.717, 1.165) is 25.2 Å². The molecule has 0 amide bonds. The summed E-state index contributed by atoms with van der Waals surface area (Å²) in [4.78, 5) is 6.50. The van der Waals surface area contributed by atoms with E-state index in [1.165, 1.54) is 0 Å². The lowest BCUT2D eigenvalue weighted by Crippen LogP contribution is -2.28. The normalized spacial score (nSPS) is 11.1. The van der Waals surface area contributed by atoms with Gasteiger partial charge in [0.15, 0.2) is 0 Å². The van der Waals surface area contributed by atoms with Crippen molar-refractivity contribution in [3.8, 4) is 17.7 Å². The third kappa shape index (κ3) is 6.55. The van der Waals surface area contributed by atoms with Crippen LogP contribution >= 0.6 is 0 Å². The van der Waals surface area contributed by atoms with Gasteiger partial charge in [-0.2, -0.15) is 0 Å². The van der Waals surface area contributed by atoms with Crippen LogP contribution in [0.5, 0.6) is 5.88 Å². The second-order valence-corrected chi connectivity index (χ2v) is 5.07. The molecule has 110 valence electrons. The highest BCUT2D eigenvalue weighted by molar-refractivity contribution is 5.35. The predicted octanol–water partition coefficient (Wildman–Crippen LogP) is 1.92. The van der Waals surface area contributed by atoms with E-state index in [-0.39, 0.29) is 0 Å². The van der Waals surface area contributed by atoms with E-state index in [9.17, 15) is 5.11 Å². The lowest BCUT2D eigenvalue weighted by Gasteiger charge is -2.17. The second kappa shape index (κ2) is 7.88. The molecule has 0 saturated heterocycles. The fraction of sp³-hybridized carbons (Fsp3) is 0.562. The van der Waals surface area contributed by atoms with Crippen molar-refractivity contribution in [1.29, 1.82) is 0 Å². The molecule has 1 rings (SSSR count). The Labute approximate surface area is 121 Å². The van der Waals surface area contributed by atoms with Crippen LogP contribution < -0.4 is 4.74 Å². The highest BCUT2D eigenvalue weighted by atomic mass is 16.5. The summed E-state index contributed by atoms with van der Waals surface area (Å²) in [5, 5.41) is 9.53. The minimum Gasteiger partial charge on any atom is -0.476 e. The molecule has 0 radical (unpaired) electrons. The molecule has 0 fully saturated rings. The van der Waals surface area contributed by atoms with Gasteiger partial charge in [-0.05, 0) is 33.0 Å². The SMILES string of the molecule is CCN(CC)CCOc1ccc(C#CC(C)(C)O)cn1. The molecule has 0 aliphatic carbocycles. The number of aliphatic hydroxyl groups is 1. The number of rotatable bonds is 6. The topological polar surface area (TPSA) is 45.6 Å². The fourth-order valence-corrected chi connectivity index (χ4v) is 1.58. The summed E-state index contributed by atoms with van der Waals surface area (Å²) in [6, 6.07) is 3.65. The van der Waals surface area contributed by atoms with Crippen LogP contribution in [-0.4, -0.2) is 46.8 Å². The molecule has 4 nitrogen and oxygen atoms in total. The monoisotopic (exact) mass is 276 g/mol. The molecular formula is C16H24N2O2. The van der Waals surface area contributed by atoms with Gasteiger partial charge in [-0.1, -0.05) is 25.7 Å². The maximum absolute atomic E-state index is 9.53. The van der Waals surface area contributed by atoms with Crippen LogP contribution in [0.2, 0.25) is 0 Å². The van der Waals surface area contributed by atoms with Gasteiger partial charge in [0.05, 0.1) is 0 Å². The summed E-state index contributed by atoms with van der Waals surface area (Å²) in [6.07, 6.45) is 1.66. The molecule has 1 heterocycles. The van der Waals surface area contributed by atoms with E-state index >= 15 is 0 Å². The first-order chi connectivity index (χ1) is 9.44. The molecule has 0 aliphatic rings. The Morgan fingerprint density at radius 3 is 2.50 bits per heavy atom. The zero-order chi connectivity index (χ0) is 15.0. The number of aromatic nitrogens is 1. The Bertz CT molecular complexity index is 448. The van der Waals surface area contributed by atoms with Crippen LogP contribution in [0, 0.1) is 11.8 Å². The zero-order valence-electron chi connectivity index (χ0n) is 12.8. The molecule has 0 aromatic carbocycles. The van der Waals surface area contributed by atoms with Crippen LogP contribution in [0.1, 0.15) is 33.3 Å². The van der Waals surface area contributed by atoms with Crippen LogP contribution in [0.3, 0.4) is 0 Å². The minimum atomic E-state index is -0.987. The van der Waals surface area contributed by atoms with Gasteiger partial charge < -0.3 is 14.7 Å². The number of likely N-dealkylation sites (N-methyl/N-ethyl adjacent to an activating group) is 1. The molecule has 1 aromatic heterocycles. The van der Waals surface area contributed by atoms with Gasteiger partial charge in [0.2, 0.25) is 5.88 Å². The first kappa shape index (κ1) is 16.5. The van der Waals surface area contributed by atoms with E-state index in [0.29, 0.717) is 12.5 Å². The number of hydrogen-bond acceptors (Lipinski definition) is 4. The van der Waals surface area contributed by atoms with Crippen molar-refractivity contribution in [2.45, 2.75) is 33.3 Å². The van der Waals surface area contributed by atoms with Crippen LogP contribution in [0.25, 0.3) is 0 Å². The van der Waals surface area contributed by atoms with Crippen molar-refractivity contribution in [2.75, 3.05) is 26.2 Å². The van der Waals surface area contributed by atoms with Crippen molar-refractivity contribution >= 4 is 0 Å². The summed E-state index contributed by atoms with van der Waals surface area (Å²) >= 11 is 0. The van der Waals surface area contributed by atoms with Gasteiger partial charge in [0.25, 0.3) is 0 Å². The molecular weight excluding hydrogens is 252 g/mol. The van der Waals surface area contributed by atoms with Crippen molar-refractivity contribution in [2.24, 2.45) is 0 Å². The Hall–Kier alpha value is -1.57. The molecule has 0 saturated carbocycles. The van der Waals surface area contributed by atoms with Gasteiger partial charge in [-0.25, -0.2) is 4.98 Å². The maximum Gasteiger partial charge on any atom is 0.213 e. The maximum atomic E-state index is 9.53. The van der Waals surface area contributed by atoms with E-state index in [1.54, 1.807) is 26.1 Å². The van der Waals surface area contributed by atoms with Crippen LogP contribution in [0.15, 0.2) is 18.3 Å². The number of pyridine rings is 1. The van der Waals surface area contributed by atoms with Crippen LogP contribution in [-0.2, 0) is 0 Å². The summed E-state index contributed by atoms with van der Waals surface area (Å²) in [6.45, 7) is 11.2. The number of ether oxygens (including phenoxy) is 1. The molecule has 0 atom stereocenters. The Morgan fingerprint density at radius 2 is 2.00 bits per heavy atom. The quantitative estimate of drug-likeness (QED) is 0.806. The third-order valence-corrected chi connectivity index (χ3v) is 2.80. The lowest BCUT2D eigenvalue weighted by atomic mass is 10.1. The first-order valence-electron chi connectivity index (χ1n) is 7.01. The van der Waals surface area contributed by atoms with Crippen molar-refractivity contribution in [1.82, 2.24) is 9.88 Å². The standard InChI is InChI=1S/C16H24N2O2/c1-5-18(6-2)11-12-20-15-8-7-14(13-17-15)9-10-16(3,4)19/h7-8,13,19H,5-6,11-12H2,1-4H3. The van der Waals surface area contributed by atoms with E-state index in [4.69, 9.17) is 4.74 Å². The highest BCUT2D eigenvalue weighted by Gasteiger charge is 2.05. The number of hydrogen-bond donors (Lipinski definition) is 1. The van der Waals surface area contributed by atoms with E-state index in [2.05, 4.69) is 35.6 Å². The molecule has 4 heteroatoms. The average Bonchev–Trinajstić information content (AvgIpc) is 2.42. The largest absolute Gasteiger partial charge is 0.476 e. The number of nitrogens with zero attached hydrogens (tertiary/aromatic N) is 2. The summed E-state index contributed by atoms with van der Waals surface area (Å²) < 4.78 is 5.59. The van der Waals surface area contributed by atoms with Crippen molar-refractivity contribution in [3.05, 3.63) is 23.9 Å². The van der Waals surface area contributed by atoms with Crippen LogP contribution in [0.4, 0.5) is 0 Å². The molecule has 0 unspecified atom stereocenters. The van der Waals surface area contributed by atoms with Gasteiger partial charge in [-0.15, -0.1) is 0 Å². The smallest absolute Gasteiger partial charge is 0.213 e. The Balaban J connectivity index is 2.48. The lowest BCUT2D eigenvalue weighted by molar-refractivity contribution is 0.143. The van der Waals surface area contributed by atoms with E-state index in [1.807, 2.05) is 6.07 Å². The molecule has 20 heavy (non-hydrogen) atoms. The van der Waals surface area contributed by atoms with Crippen molar-refractivity contribution in [3.63, 3.8) is 0 Å². The van der Waals surface area contributed by atoms with Crippen molar-refractivity contribution < 1.29 is 9.84 Å². The molecule has 1 N–H and O–H groups in total. The van der Waals surface area contributed by atoms with Gasteiger partial charge in [-0.3, -0.25) is 0 Å². The summed E-state index contributed by atoms with van der Waals surface area (Å²) in [7, 11) is 0. The van der Waals surface area contributed by atoms with Gasteiger partial charge in [0, 0.05) is 24.4 Å². The Kier molecular flexibility index (Phi) is 6.50. The fourth-order valence-electron chi connectivity index (χ4n) is 1.58. The summed E-state index contributed by atoms with van der Waals surface area (Å²) in [5.74, 6) is 6.23. The zero-order valence-corrected chi connectivity index (χ0v) is 12.8. The molecule has 0 bridgehead atoms. The summed E-state index contributed by atoms with van der Waals surface area (Å²) in [5.41, 5.74) is -0.220. The molecule has 0 spiro atoms. The first-order valence-corrected chi connectivity index (χ1v) is 7.01. The van der Waals surface area contributed by atoms with Gasteiger partial charge in [0.1, 0.15) is 12.2 Å². The molecule has 1 aromatic rings. The van der Waals surface area contributed by atoms with Gasteiger partial charge >= 0.3 is 0 Å². The predicted molar refractivity (Wildman–Crippen MR) is 80.7 cm³/mol. The average molecular weight is 276 g/mol.